The molecular formula is C13H19FN2. The fraction of sp³-hybridized carbons (Fsp3) is 0.385. The fourth-order valence-electron chi connectivity index (χ4n) is 1.39. The molecule has 0 spiro atoms. The summed E-state index contributed by atoms with van der Waals surface area (Å²) in [5, 5.41) is 3.23. The van der Waals surface area contributed by atoms with Crippen molar-refractivity contribution in [2.45, 2.75) is 19.5 Å². The highest BCUT2D eigenvalue weighted by atomic mass is 19.1. The molecule has 16 heavy (non-hydrogen) atoms. The molecule has 1 unspecified atom stereocenters. The zero-order valence-electron chi connectivity index (χ0n) is 10.1. The molecule has 0 aliphatic rings. The Kier molecular flexibility index (Phi) is 4.50. The van der Waals surface area contributed by atoms with Crippen LogP contribution in [0, 0.1) is 5.82 Å². The Hall–Kier alpha value is -1.35. The Labute approximate surface area is 96.8 Å². The highest BCUT2D eigenvalue weighted by Gasteiger charge is 2.05. The summed E-state index contributed by atoms with van der Waals surface area (Å²) in [5.41, 5.74) is 1.55. The van der Waals surface area contributed by atoms with E-state index in [2.05, 4.69) is 11.9 Å². The number of nitrogens with one attached hydrogen (secondary N) is 1. The maximum absolute atomic E-state index is 13.6. The molecule has 0 saturated carbocycles. The Morgan fingerprint density at radius 2 is 2.19 bits per heavy atom. The second-order valence-corrected chi connectivity index (χ2v) is 4.09. The van der Waals surface area contributed by atoms with Crippen molar-refractivity contribution >= 4 is 5.69 Å². The minimum Gasteiger partial charge on any atom is -0.375 e. The lowest BCUT2D eigenvalue weighted by Crippen LogP contribution is -2.23. The number of hydrogen-bond acceptors (Lipinski definition) is 2. The number of hydrogen-bond donors (Lipinski definition) is 1. The fourth-order valence-corrected chi connectivity index (χ4v) is 1.39. The van der Waals surface area contributed by atoms with Gasteiger partial charge in [0.1, 0.15) is 5.82 Å². The first-order valence-corrected chi connectivity index (χ1v) is 5.36. The molecule has 0 aromatic heterocycles. The van der Waals surface area contributed by atoms with Gasteiger partial charge in [-0.05, 0) is 24.6 Å². The van der Waals surface area contributed by atoms with Crippen LogP contribution < -0.4 is 10.2 Å². The van der Waals surface area contributed by atoms with Crippen LogP contribution in [-0.4, -0.2) is 20.1 Å². The molecule has 88 valence electrons. The summed E-state index contributed by atoms with van der Waals surface area (Å²) in [7, 11) is 3.66. The lowest BCUT2D eigenvalue weighted by atomic mass is 10.1. The topological polar surface area (TPSA) is 15.3 Å². The molecule has 1 N–H and O–H groups in total. The minimum absolute atomic E-state index is 0.185. The van der Waals surface area contributed by atoms with Crippen molar-refractivity contribution in [3.05, 3.63) is 42.2 Å². The molecule has 0 bridgehead atoms. The van der Waals surface area contributed by atoms with Crippen LogP contribution in [0.1, 0.15) is 12.5 Å². The summed E-state index contributed by atoms with van der Waals surface area (Å²) in [6, 6.07) is 5.53. The van der Waals surface area contributed by atoms with Gasteiger partial charge in [0, 0.05) is 26.7 Å². The molecule has 0 radical (unpaired) electrons. The number of benzene rings is 1. The van der Waals surface area contributed by atoms with Crippen LogP contribution in [0.25, 0.3) is 0 Å². The quantitative estimate of drug-likeness (QED) is 0.770. The maximum Gasteiger partial charge on any atom is 0.146 e. The van der Waals surface area contributed by atoms with Gasteiger partial charge in [-0.1, -0.05) is 12.1 Å². The molecule has 1 rings (SSSR count). The van der Waals surface area contributed by atoms with Crippen LogP contribution >= 0.6 is 0 Å². The second kappa shape index (κ2) is 5.66. The molecule has 0 saturated heterocycles. The third kappa shape index (κ3) is 3.35. The van der Waals surface area contributed by atoms with Crippen molar-refractivity contribution in [1.29, 1.82) is 0 Å². The molecule has 0 aliphatic heterocycles. The first kappa shape index (κ1) is 12.7. The summed E-state index contributed by atoms with van der Waals surface area (Å²) >= 11 is 0. The first-order chi connectivity index (χ1) is 7.54. The third-order valence-corrected chi connectivity index (χ3v) is 2.48. The van der Waals surface area contributed by atoms with E-state index in [0.717, 1.165) is 5.56 Å². The van der Waals surface area contributed by atoms with Crippen molar-refractivity contribution in [3.8, 4) is 0 Å². The van der Waals surface area contributed by atoms with Crippen LogP contribution in [0.15, 0.2) is 30.9 Å². The van der Waals surface area contributed by atoms with Crippen LogP contribution in [0.2, 0.25) is 0 Å². The van der Waals surface area contributed by atoms with Crippen molar-refractivity contribution in [2.75, 3.05) is 19.0 Å². The first-order valence-electron chi connectivity index (χ1n) is 5.36. The molecule has 1 atom stereocenters. The standard InChI is InChI=1S/C13H19FN2/c1-5-10(2)15-9-11-6-7-13(16(3)4)12(14)8-11/h5-8,10,15H,1,9H2,2-4H3. The van der Waals surface area contributed by atoms with Crippen molar-refractivity contribution in [3.63, 3.8) is 0 Å². The van der Waals surface area contributed by atoms with E-state index in [4.69, 9.17) is 0 Å². The van der Waals surface area contributed by atoms with Gasteiger partial charge in [0.05, 0.1) is 5.69 Å². The number of anilines is 1. The van der Waals surface area contributed by atoms with Crippen molar-refractivity contribution in [2.24, 2.45) is 0 Å². The van der Waals surface area contributed by atoms with Gasteiger partial charge in [-0.3, -0.25) is 0 Å². The predicted octanol–water partition coefficient (Wildman–Crippen LogP) is 2.56. The van der Waals surface area contributed by atoms with Crippen LogP contribution in [0.5, 0.6) is 0 Å². The maximum atomic E-state index is 13.6. The predicted molar refractivity (Wildman–Crippen MR) is 67.2 cm³/mol. The number of rotatable bonds is 5. The van der Waals surface area contributed by atoms with Crippen LogP contribution in [-0.2, 0) is 6.54 Å². The van der Waals surface area contributed by atoms with Gasteiger partial charge < -0.3 is 10.2 Å². The molecular weight excluding hydrogens is 203 g/mol. The molecule has 0 amide bonds. The van der Waals surface area contributed by atoms with Crippen LogP contribution in [0.3, 0.4) is 0 Å². The average molecular weight is 222 g/mol. The summed E-state index contributed by atoms with van der Waals surface area (Å²) in [6.07, 6.45) is 1.82. The Balaban J connectivity index is 2.70. The van der Waals surface area contributed by atoms with Gasteiger partial charge in [0.2, 0.25) is 0 Å². The van der Waals surface area contributed by atoms with Gasteiger partial charge in [0.25, 0.3) is 0 Å². The van der Waals surface area contributed by atoms with E-state index in [1.165, 1.54) is 0 Å². The van der Waals surface area contributed by atoms with Gasteiger partial charge in [-0.15, -0.1) is 6.58 Å². The van der Waals surface area contributed by atoms with Gasteiger partial charge in [0.15, 0.2) is 0 Å². The van der Waals surface area contributed by atoms with Crippen molar-refractivity contribution in [1.82, 2.24) is 5.32 Å². The summed E-state index contributed by atoms with van der Waals surface area (Å²) < 4.78 is 13.6. The van der Waals surface area contributed by atoms with E-state index in [1.807, 2.05) is 33.2 Å². The van der Waals surface area contributed by atoms with E-state index < -0.39 is 0 Å². The SMILES string of the molecule is C=CC(C)NCc1ccc(N(C)C)c(F)c1. The molecule has 1 aromatic carbocycles. The molecule has 1 aromatic rings. The minimum atomic E-state index is -0.185. The molecule has 0 heterocycles. The molecule has 0 fully saturated rings. The molecule has 3 heteroatoms. The third-order valence-electron chi connectivity index (χ3n) is 2.48. The lowest BCUT2D eigenvalue weighted by Gasteiger charge is -2.15. The lowest BCUT2D eigenvalue weighted by molar-refractivity contribution is 0.609. The highest BCUT2D eigenvalue weighted by molar-refractivity contribution is 5.47. The Bertz CT molecular complexity index is 361. The Morgan fingerprint density at radius 1 is 1.50 bits per heavy atom. The molecule has 2 nitrogen and oxygen atoms in total. The van der Waals surface area contributed by atoms with Gasteiger partial charge in [-0.2, -0.15) is 0 Å². The van der Waals surface area contributed by atoms with E-state index in [0.29, 0.717) is 12.2 Å². The average Bonchev–Trinajstić information content (AvgIpc) is 2.25. The van der Waals surface area contributed by atoms with Gasteiger partial charge >= 0.3 is 0 Å². The summed E-state index contributed by atoms with van der Waals surface area (Å²) in [6.45, 7) is 6.35. The smallest absolute Gasteiger partial charge is 0.146 e. The zero-order valence-corrected chi connectivity index (χ0v) is 10.1. The number of halogens is 1. The largest absolute Gasteiger partial charge is 0.375 e. The Morgan fingerprint density at radius 3 is 2.69 bits per heavy atom. The summed E-state index contributed by atoms with van der Waals surface area (Å²) in [4.78, 5) is 1.76. The van der Waals surface area contributed by atoms with Gasteiger partial charge in [-0.25, -0.2) is 4.39 Å². The normalized spacial score (nSPS) is 12.2. The summed E-state index contributed by atoms with van der Waals surface area (Å²) in [5.74, 6) is -0.185. The second-order valence-electron chi connectivity index (χ2n) is 4.09. The van der Waals surface area contributed by atoms with E-state index in [-0.39, 0.29) is 11.9 Å². The zero-order chi connectivity index (χ0) is 12.1. The van der Waals surface area contributed by atoms with E-state index in [9.17, 15) is 4.39 Å². The van der Waals surface area contributed by atoms with Crippen molar-refractivity contribution < 1.29 is 4.39 Å². The van der Waals surface area contributed by atoms with E-state index in [1.54, 1.807) is 17.0 Å². The molecule has 0 aliphatic carbocycles. The van der Waals surface area contributed by atoms with E-state index >= 15 is 0 Å². The highest BCUT2D eigenvalue weighted by Crippen LogP contribution is 2.18. The number of nitrogens with zero attached hydrogens (tertiary/aromatic N) is 1. The monoisotopic (exact) mass is 222 g/mol. The van der Waals surface area contributed by atoms with Crippen LogP contribution in [0.4, 0.5) is 10.1 Å².